The van der Waals surface area contributed by atoms with Crippen LogP contribution in [0.2, 0.25) is 0 Å². The molecule has 0 heterocycles. The largest absolute Gasteiger partial charge is 0.497 e. The number of allylic oxidation sites excluding steroid dienone is 1. The number of methoxy groups -OCH3 is 1. The molecule has 0 atom stereocenters. The van der Waals surface area contributed by atoms with Crippen molar-refractivity contribution in [3.63, 3.8) is 0 Å². The molecule has 3 aromatic carbocycles. The van der Waals surface area contributed by atoms with E-state index in [9.17, 15) is 4.79 Å². The van der Waals surface area contributed by atoms with Crippen molar-refractivity contribution in [1.82, 2.24) is 0 Å². The predicted molar refractivity (Wildman–Crippen MR) is 140 cm³/mol. The minimum atomic E-state index is -0.387. The van der Waals surface area contributed by atoms with Gasteiger partial charge in [-0.15, -0.1) is 0 Å². The lowest BCUT2D eigenvalue weighted by atomic mass is 9.63. The molecule has 0 saturated carbocycles. The summed E-state index contributed by atoms with van der Waals surface area (Å²) in [5.74, 6) is 0.837. The van der Waals surface area contributed by atoms with Gasteiger partial charge in [0.2, 0.25) is 0 Å². The maximum atomic E-state index is 12.4. The highest BCUT2D eigenvalue weighted by molar-refractivity contribution is 5.91. The second-order valence-corrected chi connectivity index (χ2v) is 10.5. The maximum absolute atomic E-state index is 12.4. The van der Waals surface area contributed by atoms with E-state index >= 15 is 0 Å². The smallest absolute Gasteiger partial charge is 0.343 e. The van der Waals surface area contributed by atoms with Crippen LogP contribution in [0, 0.1) is 0 Å². The summed E-state index contributed by atoms with van der Waals surface area (Å²) in [5, 5.41) is 0. The second kappa shape index (κ2) is 9.13. The highest BCUT2D eigenvalue weighted by Crippen LogP contribution is 2.46. The molecule has 0 saturated heterocycles. The number of hydrogen-bond acceptors (Lipinski definition) is 3. The molecular formula is C31H34O3. The van der Waals surface area contributed by atoms with Crippen molar-refractivity contribution in [2.75, 3.05) is 7.11 Å². The van der Waals surface area contributed by atoms with Gasteiger partial charge in [-0.2, -0.15) is 0 Å². The standard InChI is InChI=1S/C31H34O3/c1-21(24-11-16-27-28(20-24)31(4,5)18-17-30(27,2)3)19-22-7-12-26(13-8-22)34-29(32)23-9-14-25(33-6)15-10-23/h7-16,19-20H,17-18H2,1-6H3. The fourth-order valence-electron chi connectivity index (χ4n) is 4.69. The molecule has 3 aromatic rings. The van der Waals surface area contributed by atoms with Gasteiger partial charge in [0.05, 0.1) is 12.7 Å². The first-order chi connectivity index (χ1) is 16.1. The minimum absolute atomic E-state index is 0.191. The van der Waals surface area contributed by atoms with Gasteiger partial charge in [0, 0.05) is 0 Å². The Kier molecular flexibility index (Phi) is 6.40. The van der Waals surface area contributed by atoms with Crippen LogP contribution in [0.15, 0.2) is 66.7 Å². The van der Waals surface area contributed by atoms with Crippen LogP contribution in [0.3, 0.4) is 0 Å². The Morgan fingerprint density at radius 1 is 0.765 bits per heavy atom. The number of hydrogen-bond donors (Lipinski definition) is 0. The van der Waals surface area contributed by atoms with E-state index in [0.717, 1.165) is 5.56 Å². The summed E-state index contributed by atoms with van der Waals surface area (Å²) in [6, 6.07) is 21.5. The van der Waals surface area contributed by atoms with Crippen LogP contribution in [0.4, 0.5) is 0 Å². The monoisotopic (exact) mass is 454 g/mol. The fraction of sp³-hybridized carbons (Fsp3) is 0.323. The van der Waals surface area contributed by atoms with E-state index in [4.69, 9.17) is 9.47 Å². The van der Waals surface area contributed by atoms with E-state index in [-0.39, 0.29) is 16.8 Å². The number of esters is 1. The Morgan fingerprint density at radius 2 is 1.32 bits per heavy atom. The molecule has 1 aliphatic rings. The van der Waals surface area contributed by atoms with E-state index < -0.39 is 0 Å². The quantitative estimate of drug-likeness (QED) is 0.224. The zero-order valence-electron chi connectivity index (χ0n) is 21.1. The topological polar surface area (TPSA) is 35.5 Å². The van der Waals surface area contributed by atoms with Crippen molar-refractivity contribution >= 4 is 17.6 Å². The molecule has 0 fully saturated rings. The molecule has 0 spiro atoms. The van der Waals surface area contributed by atoms with E-state index in [0.29, 0.717) is 17.1 Å². The lowest BCUT2D eigenvalue weighted by molar-refractivity contribution is 0.0734. The van der Waals surface area contributed by atoms with Gasteiger partial charge in [0.25, 0.3) is 0 Å². The number of ether oxygens (including phenoxy) is 2. The maximum Gasteiger partial charge on any atom is 0.343 e. The normalized spacial score (nSPS) is 16.5. The highest BCUT2D eigenvalue weighted by Gasteiger charge is 2.36. The Labute approximate surface area is 203 Å². The Hall–Kier alpha value is -3.33. The SMILES string of the molecule is COc1ccc(C(=O)Oc2ccc(C=C(C)c3ccc4c(c3)C(C)(C)CCC4(C)C)cc2)cc1. The summed E-state index contributed by atoms with van der Waals surface area (Å²) in [4.78, 5) is 12.4. The third kappa shape index (κ3) is 4.94. The van der Waals surface area contributed by atoms with Crippen LogP contribution >= 0.6 is 0 Å². The van der Waals surface area contributed by atoms with Crippen LogP contribution in [0.1, 0.15) is 80.1 Å². The van der Waals surface area contributed by atoms with Crippen molar-refractivity contribution in [2.45, 2.75) is 58.3 Å². The van der Waals surface area contributed by atoms with Crippen LogP contribution < -0.4 is 9.47 Å². The van der Waals surface area contributed by atoms with Gasteiger partial charge in [-0.1, -0.05) is 64.1 Å². The molecule has 176 valence electrons. The molecule has 0 N–H and O–H groups in total. The van der Waals surface area contributed by atoms with Crippen molar-refractivity contribution in [2.24, 2.45) is 0 Å². The molecule has 0 bridgehead atoms. The summed E-state index contributed by atoms with van der Waals surface area (Å²) >= 11 is 0. The number of carbonyl (C=O) groups excluding carboxylic acids is 1. The van der Waals surface area contributed by atoms with E-state index in [1.165, 1.54) is 35.1 Å². The molecule has 34 heavy (non-hydrogen) atoms. The van der Waals surface area contributed by atoms with E-state index in [2.05, 4.69) is 58.9 Å². The molecule has 0 radical (unpaired) electrons. The zero-order valence-corrected chi connectivity index (χ0v) is 21.1. The van der Waals surface area contributed by atoms with Gasteiger partial charge < -0.3 is 9.47 Å². The average Bonchev–Trinajstić information content (AvgIpc) is 2.83. The minimum Gasteiger partial charge on any atom is -0.497 e. The molecule has 1 aliphatic carbocycles. The summed E-state index contributed by atoms with van der Waals surface area (Å²) in [7, 11) is 1.60. The Balaban J connectivity index is 1.51. The molecule has 0 aliphatic heterocycles. The fourth-order valence-corrected chi connectivity index (χ4v) is 4.69. The lowest BCUT2D eigenvalue weighted by Gasteiger charge is -2.42. The molecule has 3 heteroatoms. The van der Waals surface area contributed by atoms with Crippen molar-refractivity contribution in [1.29, 1.82) is 0 Å². The van der Waals surface area contributed by atoms with E-state index in [1.54, 1.807) is 31.4 Å². The number of fused-ring (bicyclic) bond motifs is 1. The van der Waals surface area contributed by atoms with E-state index in [1.807, 2.05) is 24.3 Å². The average molecular weight is 455 g/mol. The van der Waals surface area contributed by atoms with Gasteiger partial charge in [0.1, 0.15) is 11.5 Å². The molecular weight excluding hydrogens is 420 g/mol. The molecule has 0 aromatic heterocycles. The van der Waals surface area contributed by atoms with Gasteiger partial charge in [-0.05, 0) is 94.8 Å². The van der Waals surface area contributed by atoms with Gasteiger partial charge in [0.15, 0.2) is 0 Å². The van der Waals surface area contributed by atoms with Crippen LogP contribution in [0.25, 0.3) is 11.6 Å². The van der Waals surface area contributed by atoms with Crippen molar-refractivity contribution < 1.29 is 14.3 Å². The van der Waals surface area contributed by atoms with Crippen LogP contribution in [-0.2, 0) is 10.8 Å². The molecule has 4 rings (SSSR count). The lowest BCUT2D eigenvalue weighted by Crippen LogP contribution is -2.33. The van der Waals surface area contributed by atoms with Gasteiger partial charge >= 0.3 is 5.97 Å². The highest BCUT2D eigenvalue weighted by atomic mass is 16.5. The first-order valence-corrected chi connectivity index (χ1v) is 11.9. The van der Waals surface area contributed by atoms with Crippen LogP contribution in [0.5, 0.6) is 11.5 Å². The summed E-state index contributed by atoms with van der Waals surface area (Å²) in [5.41, 5.74) is 7.37. The summed E-state index contributed by atoms with van der Waals surface area (Å²) in [6.45, 7) is 11.6. The Morgan fingerprint density at radius 3 is 1.94 bits per heavy atom. The first kappa shape index (κ1) is 23.8. The zero-order chi connectivity index (χ0) is 24.5. The number of rotatable bonds is 5. The third-order valence-electron chi connectivity index (χ3n) is 7.11. The van der Waals surface area contributed by atoms with Crippen molar-refractivity contribution in [3.05, 3.63) is 94.5 Å². The van der Waals surface area contributed by atoms with Crippen molar-refractivity contribution in [3.8, 4) is 11.5 Å². The number of carbonyl (C=O) groups is 1. The summed E-state index contributed by atoms with van der Waals surface area (Å²) in [6.07, 6.45) is 4.60. The Bertz CT molecular complexity index is 1210. The summed E-state index contributed by atoms with van der Waals surface area (Å²) < 4.78 is 10.7. The third-order valence-corrected chi connectivity index (χ3v) is 7.11. The molecule has 0 amide bonds. The number of benzene rings is 3. The van der Waals surface area contributed by atoms with Gasteiger partial charge in [-0.25, -0.2) is 4.79 Å². The molecule has 0 unspecified atom stereocenters. The molecule has 3 nitrogen and oxygen atoms in total. The first-order valence-electron chi connectivity index (χ1n) is 11.9. The van der Waals surface area contributed by atoms with Crippen LogP contribution in [-0.4, -0.2) is 13.1 Å². The predicted octanol–water partition coefficient (Wildman–Crippen LogP) is 7.82. The van der Waals surface area contributed by atoms with Gasteiger partial charge in [-0.3, -0.25) is 0 Å². The second-order valence-electron chi connectivity index (χ2n) is 10.5.